The third-order valence-corrected chi connectivity index (χ3v) is 13.9. The van der Waals surface area contributed by atoms with Crippen molar-refractivity contribution in [2.24, 2.45) is 52.8 Å². The minimum atomic E-state index is -0.889. The van der Waals surface area contributed by atoms with Gasteiger partial charge in [0, 0.05) is 54.9 Å². The average Bonchev–Trinajstić information content (AvgIpc) is 3.54. The SMILES string of the molecule is COc1c(CN2O[C@@H](CO)[C@@H]([C@H](C)OC(=O)CC(C)C)[C@H]2C(=O)N[C@H]2C[C@H]3C[C@@H]([C@@H]2C)C3(C)C)cccc1-c1cc(C(=O)C(C)C(=O)C(C)C(C)C)cc(N(C)C)c1. The molecule has 1 heterocycles. The zero-order valence-electron chi connectivity index (χ0n) is 37.1. The van der Waals surface area contributed by atoms with Crippen molar-refractivity contribution in [3.05, 3.63) is 47.5 Å². The molecule has 1 aliphatic heterocycles. The Kier molecular flexibility index (Phi) is 14.2. The minimum absolute atomic E-state index is 0.0101. The Morgan fingerprint density at radius 3 is 2.28 bits per heavy atom. The quantitative estimate of drug-likeness (QED) is 0.0949. The molecule has 11 nitrogen and oxygen atoms in total. The number of carbonyl (C=O) groups excluding carboxylic acids is 4. The van der Waals surface area contributed by atoms with Crippen LogP contribution < -0.4 is 15.0 Å². The van der Waals surface area contributed by atoms with Gasteiger partial charge in [-0.3, -0.25) is 24.0 Å². The predicted octanol–water partition coefficient (Wildman–Crippen LogP) is 7.37. The fourth-order valence-corrected chi connectivity index (χ4v) is 9.75. The lowest BCUT2D eigenvalue weighted by molar-refractivity contribution is -0.183. The Morgan fingerprint density at radius 1 is 1.02 bits per heavy atom. The van der Waals surface area contributed by atoms with Gasteiger partial charge < -0.3 is 24.8 Å². The third kappa shape index (κ3) is 9.16. The van der Waals surface area contributed by atoms with Gasteiger partial charge in [-0.15, -0.1) is 0 Å². The number of aliphatic hydroxyl groups is 1. The maximum absolute atomic E-state index is 14.7. The van der Waals surface area contributed by atoms with Gasteiger partial charge in [0.2, 0.25) is 5.91 Å². The van der Waals surface area contributed by atoms with E-state index in [9.17, 15) is 24.3 Å². The number of hydroxylamine groups is 2. The zero-order chi connectivity index (χ0) is 43.0. The Morgan fingerprint density at radius 2 is 1.71 bits per heavy atom. The molecule has 1 saturated heterocycles. The fraction of sp³-hybridized carbons (Fsp3) is 0.660. The van der Waals surface area contributed by atoms with Crippen molar-refractivity contribution >= 4 is 29.1 Å². The normalized spacial score (nSPS) is 26.7. The van der Waals surface area contributed by atoms with E-state index in [2.05, 4.69) is 26.1 Å². The van der Waals surface area contributed by atoms with Crippen LogP contribution in [0, 0.1) is 52.8 Å². The maximum atomic E-state index is 14.7. The summed E-state index contributed by atoms with van der Waals surface area (Å²) in [5.41, 5.74) is 3.62. The summed E-state index contributed by atoms with van der Waals surface area (Å²) in [6, 6.07) is 10.4. The number of fused-ring (bicyclic) bond motifs is 2. The smallest absolute Gasteiger partial charge is 0.306 e. The van der Waals surface area contributed by atoms with E-state index in [0.29, 0.717) is 34.6 Å². The Balaban J connectivity index is 1.51. The monoisotopic (exact) mass is 804 g/mol. The first-order valence-electron chi connectivity index (χ1n) is 21.3. The average molecular weight is 804 g/mol. The fourth-order valence-electron chi connectivity index (χ4n) is 9.75. The van der Waals surface area contributed by atoms with Crippen LogP contribution in [0.3, 0.4) is 0 Å². The number of nitrogens with zero attached hydrogens (tertiary/aromatic N) is 2. The van der Waals surface area contributed by atoms with Crippen molar-refractivity contribution in [3.8, 4) is 16.9 Å². The number of hydrogen-bond donors (Lipinski definition) is 2. The highest BCUT2D eigenvalue weighted by molar-refractivity contribution is 6.11. The molecule has 2 aromatic rings. The van der Waals surface area contributed by atoms with Gasteiger partial charge in [0.15, 0.2) is 5.78 Å². The van der Waals surface area contributed by atoms with Crippen LogP contribution in [0.1, 0.15) is 104 Å². The summed E-state index contributed by atoms with van der Waals surface area (Å²) in [5.74, 6) is -0.544. The topological polar surface area (TPSA) is 135 Å². The predicted molar refractivity (Wildman–Crippen MR) is 226 cm³/mol. The number of methoxy groups -OCH3 is 1. The largest absolute Gasteiger partial charge is 0.496 e. The number of para-hydroxylation sites is 1. The van der Waals surface area contributed by atoms with E-state index in [4.69, 9.17) is 14.3 Å². The van der Waals surface area contributed by atoms with Gasteiger partial charge in [-0.05, 0) is 85.5 Å². The summed E-state index contributed by atoms with van der Waals surface area (Å²) < 4.78 is 12.1. The Bertz CT molecular complexity index is 1820. The van der Waals surface area contributed by atoms with E-state index in [1.165, 1.54) is 6.42 Å². The van der Waals surface area contributed by atoms with Crippen molar-refractivity contribution in [2.75, 3.05) is 32.7 Å². The number of carbonyl (C=O) groups is 4. The molecule has 3 saturated carbocycles. The molecule has 0 radical (unpaired) electrons. The molecule has 0 aromatic heterocycles. The molecule has 11 heteroatoms. The first-order chi connectivity index (χ1) is 27.2. The van der Waals surface area contributed by atoms with Crippen molar-refractivity contribution in [3.63, 3.8) is 0 Å². The molecule has 58 heavy (non-hydrogen) atoms. The third-order valence-electron chi connectivity index (χ3n) is 13.9. The molecule has 2 aromatic carbocycles. The van der Waals surface area contributed by atoms with Gasteiger partial charge in [-0.25, -0.2) is 0 Å². The first kappa shape index (κ1) is 45.3. The van der Waals surface area contributed by atoms with Gasteiger partial charge in [0.05, 0.1) is 32.1 Å². The number of aliphatic hydroxyl groups excluding tert-OH is 1. The number of ketones is 2. The van der Waals surface area contributed by atoms with Crippen LogP contribution in [-0.4, -0.2) is 85.7 Å². The Labute approximate surface area is 346 Å². The number of hydrogen-bond acceptors (Lipinski definition) is 10. The highest BCUT2D eigenvalue weighted by Crippen LogP contribution is 2.61. The molecule has 10 atom stereocenters. The molecular formula is C47H69N3O8. The molecule has 4 fully saturated rings. The van der Waals surface area contributed by atoms with E-state index in [-0.39, 0.29) is 72.2 Å². The Hall–Kier alpha value is -3.80. The number of rotatable bonds is 17. The van der Waals surface area contributed by atoms with Crippen LogP contribution in [0.25, 0.3) is 11.1 Å². The van der Waals surface area contributed by atoms with Gasteiger partial charge in [-0.2, -0.15) is 5.06 Å². The maximum Gasteiger partial charge on any atom is 0.306 e. The van der Waals surface area contributed by atoms with Crippen molar-refractivity contribution in [1.29, 1.82) is 0 Å². The summed E-state index contributed by atoms with van der Waals surface area (Å²) >= 11 is 0. The van der Waals surface area contributed by atoms with Crippen LogP contribution in [0.4, 0.5) is 5.69 Å². The number of esters is 1. The summed E-state index contributed by atoms with van der Waals surface area (Å²) in [6.07, 6.45) is 0.772. The number of ether oxygens (including phenoxy) is 2. The zero-order valence-corrected chi connectivity index (χ0v) is 37.1. The second kappa shape index (κ2) is 18.2. The molecule has 0 spiro atoms. The van der Waals surface area contributed by atoms with Crippen molar-refractivity contribution in [1.82, 2.24) is 10.4 Å². The number of nitrogens with one attached hydrogen (secondary N) is 1. The minimum Gasteiger partial charge on any atom is -0.496 e. The van der Waals surface area contributed by atoms with Crippen LogP contribution >= 0.6 is 0 Å². The lowest BCUT2D eigenvalue weighted by Crippen LogP contribution is -2.62. The molecule has 1 amide bonds. The van der Waals surface area contributed by atoms with E-state index in [0.717, 1.165) is 23.2 Å². The summed E-state index contributed by atoms with van der Waals surface area (Å²) in [4.78, 5) is 63.2. The molecule has 3 aliphatic carbocycles. The van der Waals surface area contributed by atoms with Gasteiger partial charge >= 0.3 is 5.97 Å². The highest BCUT2D eigenvalue weighted by atomic mass is 16.7. The van der Waals surface area contributed by atoms with Gasteiger partial charge in [0.1, 0.15) is 29.8 Å². The lowest BCUT2D eigenvalue weighted by Gasteiger charge is -2.62. The summed E-state index contributed by atoms with van der Waals surface area (Å²) in [6.45, 7) is 19.8. The summed E-state index contributed by atoms with van der Waals surface area (Å²) in [7, 11) is 5.39. The molecule has 2 unspecified atom stereocenters. The second-order valence-corrected chi connectivity index (χ2v) is 19.0. The van der Waals surface area contributed by atoms with Crippen LogP contribution in [0.2, 0.25) is 0 Å². The van der Waals surface area contributed by atoms with E-state index >= 15 is 0 Å². The van der Waals surface area contributed by atoms with Crippen molar-refractivity contribution in [2.45, 2.75) is 119 Å². The molecule has 4 aliphatic rings. The molecule has 2 bridgehead atoms. The number of Topliss-reactive ketones (excluding diaryl/α,β-unsaturated/α-hetero) is 2. The van der Waals surface area contributed by atoms with E-state index in [1.807, 2.05) is 90.0 Å². The summed E-state index contributed by atoms with van der Waals surface area (Å²) in [5, 5.41) is 15.7. The van der Waals surface area contributed by atoms with E-state index in [1.54, 1.807) is 26.0 Å². The lowest BCUT2D eigenvalue weighted by atomic mass is 9.45. The van der Waals surface area contributed by atoms with Crippen molar-refractivity contribution < 1.29 is 38.6 Å². The van der Waals surface area contributed by atoms with Crippen LogP contribution in [0.15, 0.2) is 36.4 Å². The molecular weight excluding hydrogens is 735 g/mol. The molecule has 2 N–H and O–H groups in total. The van der Waals surface area contributed by atoms with Gasteiger partial charge in [-0.1, -0.05) is 73.6 Å². The van der Waals surface area contributed by atoms with E-state index < -0.39 is 30.1 Å². The highest BCUT2D eigenvalue weighted by Gasteiger charge is 2.57. The number of amides is 1. The van der Waals surface area contributed by atoms with Crippen LogP contribution in [0.5, 0.6) is 5.75 Å². The molecule has 6 rings (SSSR count). The standard InChI is InChI=1S/C47H69N3O8/c1-25(2)17-40(52)57-30(8)41-39(24-51)58-50(42(41)46(55)48-38-22-34-21-37(28(38)6)47(34,9)10)23-31-15-14-16-36(45(31)56-13)32-18-33(20-35(19-32)49(11)12)44(54)29(7)43(53)27(5)26(3)4/h14-16,18-20,25-30,34,37-39,41-42,51H,17,21-24H2,1-13H3,(H,48,55)/t27?,28-,29?,30-,34+,37-,38-,39-,41+,42-/m0/s1. The number of anilines is 1. The van der Waals surface area contributed by atoms with Crippen LogP contribution in [-0.2, 0) is 30.5 Å². The van der Waals surface area contributed by atoms with Gasteiger partial charge in [0.25, 0.3) is 0 Å². The molecule has 320 valence electrons. The first-order valence-corrected chi connectivity index (χ1v) is 21.3. The number of benzene rings is 2. The second-order valence-electron chi connectivity index (χ2n) is 19.0.